The van der Waals surface area contributed by atoms with Crippen molar-refractivity contribution >= 4 is 33.7 Å². The maximum absolute atomic E-state index is 12.5. The predicted molar refractivity (Wildman–Crippen MR) is 135 cm³/mol. The van der Waals surface area contributed by atoms with E-state index in [0.717, 1.165) is 31.2 Å². The summed E-state index contributed by atoms with van der Waals surface area (Å²) in [5, 5.41) is 8.82. The highest BCUT2D eigenvalue weighted by Crippen LogP contribution is 2.26. The largest absolute Gasteiger partial charge is 0.378 e. The first-order valence-electron chi connectivity index (χ1n) is 11.0. The highest BCUT2D eigenvalue weighted by Gasteiger charge is 2.26. The van der Waals surface area contributed by atoms with E-state index in [1.165, 1.54) is 28.3 Å². The van der Waals surface area contributed by atoms with Crippen LogP contribution in [0.5, 0.6) is 0 Å². The number of nitrogens with one attached hydrogen (secondary N) is 2. The number of anilines is 3. The van der Waals surface area contributed by atoms with Gasteiger partial charge in [0.2, 0.25) is 0 Å². The van der Waals surface area contributed by atoms with Crippen molar-refractivity contribution in [3.8, 4) is 0 Å². The molecule has 7 heteroatoms. The van der Waals surface area contributed by atoms with Crippen LogP contribution >= 0.6 is 11.3 Å². The third-order valence-electron chi connectivity index (χ3n) is 5.88. The number of amides is 2. The lowest BCUT2D eigenvalue weighted by Crippen LogP contribution is -2.50. The molecule has 0 bridgehead atoms. The fourth-order valence-electron chi connectivity index (χ4n) is 4.08. The van der Waals surface area contributed by atoms with E-state index in [0.29, 0.717) is 6.54 Å². The van der Waals surface area contributed by atoms with Crippen molar-refractivity contribution in [3.05, 3.63) is 77.7 Å². The molecular weight excluding hydrogens is 418 g/mol. The van der Waals surface area contributed by atoms with Gasteiger partial charge in [0.05, 0.1) is 11.0 Å². The van der Waals surface area contributed by atoms with E-state index in [-0.39, 0.29) is 12.1 Å². The fourth-order valence-corrected chi connectivity index (χ4v) is 4.69. The van der Waals surface area contributed by atoms with Crippen molar-refractivity contribution < 1.29 is 4.79 Å². The highest BCUT2D eigenvalue weighted by molar-refractivity contribution is 7.14. The van der Waals surface area contributed by atoms with E-state index in [4.69, 9.17) is 0 Å². The number of piperazine rings is 1. The molecule has 1 fully saturated rings. The second-order valence-corrected chi connectivity index (χ2v) is 9.12. The highest BCUT2D eigenvalue weighted by atomic mass is 32.1. The molecule has 32 heavy (non-hydrogen) atoms. The molecule has 168 valence electrons. The smallest absolute Gasteiger partial charge is 0.319 e. The van der Waals surface area contributed by atoms with Gasteiger partial charge in [0.25, 0.3) is 0 Å². The Labute approximate surface area is 194 Å². The number of rotatable bonds is 7. The van der Waals surface area contributed by atoms with Crippen LogP contribution in [0.1, 0.15) is 11.6 Å². The van der Waals surface area contributed by atoms with Gasteiger partial charge in [-0.3, -0.25) is 10.2 Å². The van der Waals surface area contributed by atoms with Gasteiger partial charge in [-0.15, -0.1) is 11.3 Å². The van der Waals surface area contributed by atoms with Gasteiger partial charge in [0, 0.05) is 58.2 Å². The molecule has 2 N–H and O–H groups in total. The van der Waals surface area contributed by atoms with Crippen molar-refractivity contribution in [1.29, 1.82) is 0 Å². The maximum atomic E-state index is 12.5. The number of para-hydroxylation sites is 1. The lowest BCUT2D eigenvalue weighted by Gasteiger charge is -2.40. The normalized spacial score (nSPS) is 15.2. The quantitative estimate of drug-likeness (QED) is 0.558. The summed E-state index contributed by atoms with van der Waals surface area (Å²) in [4.78, 5) is 19.5. The average molecular weight is 450 g/mol. The van der Waals surface area contributed by atoms with Crippen molar-refractivity contribution in [3.63, 3.8) is 0 Å². The Morgan fingerprint density at radius 2 is 1.69 bits per heavy atom. The monoisotopic (exact) mass is 449 g/mol. The van der Waals surface area contributed by atoms with Gasteiger partial charge in [-0.2, -0.15) is 0 Å². The minimum Gasteiger partial charge on any atom is -0.378 e. The van der Waals surface area contributed by atoms with Crippen LogP contribution < -0.4 is 20.4 Å². The van der Waals surface area contributed by atoms with Crippen LogP contribution in [0, 0.1) is 0 Å². The van der Waals surface area contributed by atoms with Gasteiger partial charge < -0.3 is 15.1 Å². The fraction of sp³-hybridized carbons (Fsp3) is 0.320. The van der Waals surface area contributed by atoms with E-state index in [2.05, 4.69) is 79.9 Å². The van der Waals surface area contributed by atoms with E-state index in [9.17, 15) is 4.79 Å². The van der Waals surface area contributed by atoms with E-state index < -0.39 is 0 Å². The Morgan fingerprint density at radius 3 is 2.31 bits per heavy atom. The van der Waals surface area contributed by atoms with Gasteiger partial charge in [-0.25, -0.2) is 4.79 Å². The van der Waals surface area contributed by atoms with Crippen molar-refractivity contribution in [2.45, 2.75) is 6.04 Å². The molecule has 0 radical (unpaired) electrons. The first-order valence-corrected chi connectivity index (χ1v) is 11.9. The summed E-state index contributed by atoms with van der Waals surface area (Å²) < 4.78 is 0. The molecule has 6 nitrogen and oxygen atoms in total. The van der Waals surface area contributed by atoms with Crippen LogP contribution in [-0.4, -0.2) is 57.8 Å². The molecule has 0 aliphatic carbocycles. The van der Waals surface area contributed by atoms with E-state index in [1.54, 1.807) is 0 Å². The predicted octanol–water partition coefficient (Wildman–Crippen LogP) is 4.50. The summed E-state index contributed by atoms with van der Waals surface area (Å²) >= 11 is 1.52. The zero-order valence-electron chi connectivity index (χ0n) is 18.7. The van der Waals surface area contributed by atoms with E-state index in [1.807, 2.05) is 31.6 Å². The molecule has 1 aliphatic heterocycles. The molecule has 0 saturated carbocycles. The maximum Gasteiger partial charge on any atom is 0.319 e. The second-order valence-electron chi connectivity index (χ2n) is 8.17. The minimum absolute atomic E-state index is 0.123. The number of hydrogen-bond donors (Lipinski definition) is 2. The molecule has 1 aromatic heterocycles. The molecule has 1 saturated heterocycles. The minimum atomic E-state index is -0.162. The number of hydrogen-bond acceptors (Lipinski definition) is 5. The van der Waals surface area contributed by atoms with Crippen LogP contribution in [0.2, 0.25) is 0 Å². The van der Waals surface area contributed by atoms with Gasteiger partial charge in [-0.05, 0) is 47.3 Å². The zero-order valence-corrected chi connectivity index (χ0v) is 19.5. The van der Waals surface area contributed by atoms with Crippen molar-refractivity contribution in [1.82, 2.24) is 10.2 Å². The van der Waals surface area contributed by atoms with Crippen molar-refractivity contribution in [2.24, 2.45) is 0 Å². The number of carbonyl (C=O) groups is 1. The third-order valence-corrected chi connectivity index (χ3v) is 6.67. The number of urea groups is 1. The molecule has 0 spiro atoms. The van der Waals surface area contributed by atoms with Crippen LogP contribution in [0.15, 0.2) is 72.1 Å². The molecule has 1 atom stereocenters. The number of nitrogens with zero attached hydrogens (tertiary/aromatic N) is 3. The lowest BCUT2D eigenvalue weighted by molar-refractivity contribution is 0.182. The Bertz CT molecular complexity index is 967. The van der Waals surface area contributed by atoms with E-state index >= 15 is 0 Å². The molecule has 2 aromatic carbocycles. The van der Waals surface area contributed by atoms with Crippen LogP contribution in [0.4, 0.5) is 21.2 Å². The Hall–Kier alpha value is -3.03. The molecule has 4 rings (SSSR count). The van der Waals surface area contributed by atoms with Crippen LogP contribution in [-0.2, 0) is 0 Å². The number of benzene rings is 2. The number of thiophene rings is 1. The SMILES string of the molecule is CN(C)c1ccc(C(CNC(=O)Nc2cccs2)N2CCN(c3ccccc3)CC2)cc1. The Morgan fingerprint density at radius 1 is 0.969 bits per heavy atom. The molecule has 3 aromatic rings. The zero-order chi connectivity index (χ0) is 22.3. The first kappa shape index (κ1) is 22.2. The van der Waals surface area contributed by atoms with Gasteiger partial charge >= 0.3 is 6.03 Å². The summed E-state index contributed by atoms with van der Waals surface area (Å²) in [5.41, 5.74) is 3.66. The summed E-state index contributed by atoms with van der Waals surface area (Å²) in [7, 11) is 4.09. The van der Waals surface area contributed by atoms with Gasteiger partial charge in [-0.1, -0.05) is 30.3 Å². The third kappa shape index (κ3) is 5.60. The summed E-state index contributed by atoms with van der Waals surface area (Å²) in [6, 6.07) is 23.0. The molecule has 1 aliphatic rings. The Balaban J connectivity index is 1.44. The summed E-state index contributed by atoms with van der Waals surface area (Å²) in [5.74, 6) is 0. The molecular formula is C25H31N5OS. The van der Waals surface area contributed by atoms with Gasteiger partial charge in [0.15, 0.2) is 0 Å². The molecule has 2 amide bonds. The standard InChI is InChI=1S/C25H31N5OS/c1-28(2)21-12-10-20(11-13-21)23(19-26-25(31)27-24-9-6-18-32-24)30-16-14-29(15-17-30)22-7-4-3-5-8-22/h3-13,18,23H,14-17,19H2,1-2H3,(H2,26,27,31). The first-order chi connectivity index (χ1) is 15.6. The molecule has 1 unspecified atom stereocenters. The van der Waals surface area contributed by atoms with Crippen molar-refractivity contribution in [2.75, 3.05) is 61.9 Å². The topological polar surface area (TPSA) is 50.9 Å². The Kier molecular flexibility index (Phi) is 7.29. The van der Waals surface area contributed by atoms with Crippen LogP contribution in [0.3, 0.4) is 0 Å². The summed E-state index contributed by atoms with van der Waals surface area (Å²) in [6.07, 6.45) is 0. The molecule has 2 heterocycles. The van der Waals surface area contributed by atoms with Crippen LogP contribution in [0.25, 0.3) is 0 Å². The van der Waals surface area contributed by atoms with Gasteiger partial charge in [0.1, 0.15) is 0 Å². The number of carbonyl (C=O) groups excluding carboxylic acids is 1. The summed E-state index contributed by atoms with van der Waals surface area (Å²) in [6.45, 7) is 4.39. The second kappa shape index (κ2) is 10.5. The lowest BCUT2D eigenvalue weighted by atomic mass is 10.0. The average Bonchev–Trinajstić information content (AvgIpc) is 3.33.